The minimum absolute atomic E-state index is 0.0740. The van der Waals surface area contributed by atoms with Gasteiger partial charge in [0, 0.05) is 0 Å². The van der Waals surface area contributed by atoms with Crippen molar-refractivity contribution in [2.75, 3.05) is 6.54 Å². The summed E-state index contributed by atoms with van der Waals surface area (Å²) in [6.07, 6.45) is 1.18. The number of hydrogen-bond acceptors (Lipinski definition) is 3. The number of nitrogens with zero attached hydrogens (tertiary/aromatic N) is 1. The Morgan fingerprint density at radius 2 is 2.00 bits per heavy atom. The highest BCUT2D eigenvalue weighted by molar-refractivity contribution is 5.91. The lowest BCUT2D eigenvalue weighted by Gasteiger charge is -2.17. The highest BCUT2D eigenvalue weighted by Gasteiger charge is 2.35. The Bertz CT molecular complexity index is 550. The molecule has 2 heterocycles. The predicted molar refractivity (Wildman–Crippen MR) is 69.5 cm³/mol. The van der Waals surface area contributed by atoms with E-state index in [1.807, 2.05) is 37.3 Å². The zero-order valence-corrected chi connectivity index (χ0v) is 10.7. The van der Waals surface area contributed by atoms with Crippen molar-refractivity contribution in [2.45, 2.75) is 19.3 Å². The van der Waals surface area contributed by atoms with Crippen LogP contribution in [0.25, 0.3) is 0 Å². The number of ether oxygens (including phenoxy) is 1. The smallest absolute Gasteiger partial charge is 0.291 e. The average Bonchev–Trinajstić information content (AvgIpc) is 3.08. The highest BCUT2D eigenvalue weighted by Crippen LogP contribution is 2.29. The van der Waals surface area contributed by atoms with Gasteiger partial charge in [0.1, 0.15) is 12.3 Å². The lowest BCUT2D eigenvalue weighted by Crippen LogP contribution is -2.34. The Labute approximate surface area is 111 Å². The number of furan rings is 1. The van der Waals surface area contributed by atoms with Crippen LogP contribution in [0.5, 0.6) is 0 Å². The summed E-state index contributed by atoms with van der Waals surface area (Å²) in [7, 11) is 0. The Morgan fingerprint density at radius 1 is 1.21 bits per heavy atom. The number of benzene rings is 1. The van der Waals surface area contributed by atoms with Gasteiger partial charge in [-0.2, -0.15) is 0 Å². The van der Waals surface area contributed by atoms with Crippen molar-refractivity contribution >= 4 is 5.91 Å². The third kappa shape index (κ3) is 2.27. The second-order valence-electron chi connectivity index (χ2n) is 4.57. The second kappa shape index (κ2) is 4.90. The van der Waals surface area contributed by atoms with Crippen LogP contribution in [0.3, 0.4) is 0 Å². The van der Waals surface area contributed by atoms with Crippen molar-refractivity contribution in [1.29, 1.82) is 0 Å². The van der Waals surface area contributed by atoms with E-state index in [4.69, 9.17) is 9.15 Å². The van der Waals surface area contributed by atoms with E-state index in [0.717, 1.165) is 5.56 Å². The first-order valence-electron chi connectivity index (χ1n) is 6.30. The van der Waals surface area contributed by atoms with E-state index in [1.165, 1.54) is 6.26 Å². The van der Waals surface area contributed by atoms with Crippen LogP contribution in [0.1, 0.15) is 29.1 Å². The standard InChI is InChI=1S/C15H15NO3/c1-11-16(15(17)13-8-5-9-18-13)10-14(19-11)12-6-3-2-4-7-12/h2-9,11,14H,10H2,1H3. The van der Waals surface area contributed by atoms with E-state index in [9.17, 15) is 4.79 Å². The van der Waals surface area contributed by atoms with E-state index >= 15 is 0 Å². The molecule has 0 radical (unpaired) electrons. The van der Waals surface area contributed by atoms with Crippen molar-refractivity contribution in [1.82, 2.24) is 4.90 Å². The highest BCUT2D eigenvalue weighted by atomic mass is 16.5. The number of hydrogen-bond donors (Lipinski definition) is 0. The zero-order valence-electron chi connectivity index (χ0n) is 10.7. The van der Waals surface area contributed by atoms with Crippen LogP contribution in [0.4, 0.5) is 0 Å². The largest absolute Gasteiger partial charge is 0.459 e. The maximum Gasteiger partial charge on any atom is 0.291 e. The molecule has 0 spiro atoms. The molecule has 2 unspecified atom stereocenters. The van der Waals surface area contributed by atoms with Gasteiger partial charge in [-0.15, -0.1) is 0 Å². The molecule has 0 bridgehead atoms. The summed E-state index contributed by atoms with van der Waals surface area (Å²) in [5.74, 6) is 0.222. The molecule has 0 N–H and O–H groups in total. The molecule has 1 saturated heterocycles. The fourth-order valence-electron chi connectivity index (χ4n) is 2.32. The first-order chi connectivity index (χ1) is 9.25. The van der Waals surface area contributed by atoms with Gasteiger partial charge < -0.3 is 14.1 Å². The number of rotatable bonds is 2. The summed E-state index contributed by atoms with van der Waals surface area (Å²) in [6.45, 7) is 2.43. The van der Waals surface area contributed by atoms with E-state index in [0.29, 0.717) is 12.3 Å². The van der Waals surface area contributed by atoms with Crippen molar-refractivity contribution in [3.05, 3.63) is 60.1 Å². The molecule has 98 valence electrons. The summed E-state index contributed by atoms with van der Waals surface area (Å²) < 4.78 is 11.0. The van der Waals surface area contributed by atoms with Gasteiger partial charge in [-0.1, -0.05) is 30.3 Å². The summed E-state index contributed by atoms with van der Waals surface area (Å²) in [4.78, 5) is 13.9. The summed E-state index contributed by atoms with van der Waals surface area (Å²) in [5, 5.41) is 0. The van der Waals surface area contributed by atoms with E-state index in [2.05, 4.69) is 0 Å². The Morgan fingerprint density at radius 3 is 2.68 bits per heavy atom. The molecule has 4 nitrogen and oxygen atoms in total. The fraction of sp³-hybridized carbons (Fsp3) is 0.267. The van der Waals surface area contributed by atoms with Gasteiger partial charge in [0.15, 0.2) is 5.76 Å². The van der Waals surface area contributed by atoms with Crippen molar-refractivity contribution in [3.8, 4) is 0 Å². The lowest BCUT2D eigenvalue weighted by molar-refractivity contribution is 0.0125. The summed E-state index contributed by atoms with van der Waals surface area (Å²) in [5.41, 5.74) is 1.09. The molecule has 1 fully saturated rings. The molecular weight excluding hydrogens is 242 g/mol. The van der Waals surface area contributed by atoms with Crippen LogP contribution >= 0.6 is 0 Å². The number of carbonyl (C=O) groups is 1. The first kappa shape index (κ1) is 12.0. The number of amides is 1. The van der Waals surface area contributed by atoms with E-state index < -0.39 is 0 Å². The van der Waals surface area contributed by atoms with Crippen molar-refractivity contribution in [2.24, 2.45) is 0 Å². The Kier molecular flexibility index (Phi) is 3.09. The molecule has 3 rings (SSSR count). The second-order valence-corrected chi connectivity index (χ2v) is 4.57. The maximum atomic E-state index is 12.2. The molecule has 0 aliphatic carbocycles. The molecule has 1 aliphatic rings. The average molecular weight is 257 g/mol. The quantitative estimate of drug-likeness (QED) is 0.830. The molecule has 1 amide bonds. The third-order valence-electron chi connectivity index (χ3n) is 3.33. The van der Waals surface area contributed by atoms with Gasteiger partial charge in [0.05, 0.1) is 12.8 Å². The minimum atomic E-state index is -0.247. The fourth-order valence-corrected chi connectivity index (χ4v) is 2.32. The summed E-state index contributed by atoms with van der Waals surface area (Å²) >= 11 is 0. The monoisotopic (exact) mass is 257 g/mol. The number of carbonyl (C=O) groups excluding carboxylic acids is 1. The SMILES string of the molecule is CC1OC(c2ccccc2)CN1C(=O)c1ccco1. The Balaban J connectivity index is 1.77. The van der Waals surface area contributed by atoms with Crippen molar-refractivity contribution in [3.63, 3.8) is 0 Å². The van der Waals surface area contributed by atoms with Gasteiger partial charge in [-0.3, -0.25) is 4.79 Å². The van der Waals surface area contributed by atoms with Crippen LogP contribution in [-0.2, 0) is 4.74 Å². The molecule has 0 saturated carbocycles. The first-order valence-corrected chi connectivity index (χ1v) is 6.30. The van der Waals surface area contributed by atoms with Gasteiger partial charge in [-0.25, -0.2) is 0 Å². The van der Waals surface area contributed by atoms with E-state index in [-0.39, 0.29) is 18.2 Å². The topological polar surface area (TPSA) is 42.7 Å². The zero-order chi connectivity index (χ0) is 13.2. The normalized spacial score (nSPS) is 22.7. The molecule has 2 aromatic rings. The van der Waals surface area contributed by atoms with Gasteiger partial charge >= 0.3 is 0 Å². The molecule has 2 atom stereocenters. The Hall–Kier alpha value is -2.07. The molecule has 19 heavy (non-hydrogen) atoms. The van der Waals surface area contributed by atoms with Gasteiger partial charge in [0.25, 0.3) is 5.91 Å². The molecule has 1 aromatic heterocycles. The predicted octanol–water partition coefficient (Wildman–Crippen LogP) is 2.84. The minimum Gasteiger partial charge on any atom is -0.459 e. The lowest BCUT2D eigenvalue weighted by atomic mass is 10.1. The summed E-state index contributed by atoms with van der Waals surface area (Å²) in [6, 6.07) is 13.3. The van der Waals surface area contributed by atoms with Crippen molar-refractivity contribution < 1.29 is 13.9 Å². The van der Waals surface area contributed by atoms with Crippen LogP contribution < -0.4 is 0 Å². The van der Waals surface area contributed by atoms with Crippen LogP contribution in [-0.4, -0.2) is 23.6 Å². The van der Waals surface area contributed by atoms with Crippen LogP contribution in [0.15, 0.2) is 53.1 Å². The molecule has 1 aliphatic heterocycles. The van der Waals surface area contributed by atoms with Crippen LogP contribution in [0, 0.1) is 0 Å². The van der Waals surface area contributed by atoms with Gasteiger partial charge in [0.2, 0.25) is 0 Å². The van der Waals surface area contributed by atoms with Gasteiger partial charge in [-0.05, 0) is 24.6 Å². The molecule has 1 aromatic carbocycles. The molecule has 4 heteroatoms. The van der Waals surface area contributed by atoms with Crippen LogP contribution in [0.2, 0.25) is 0 Å². The maximum absolute atomic E-state index is 12.2. The third-order valence-corrected chi connectivity index (χ3v) is 3.33. The molecular formula is C15H15NO3. The van der Waals surface area contributed by atoms with E-state index in [1.54, 1.807) is 17.0 Å².